The maximum atomic E-state index is 13.9. The molecule has 1 saturated heterocycles. The Morgan fingerprint density at radius 3 is 2.59 bits per heavy atom. The quantitative estimate of drug-likeness (QED) is 0.511. The third-order valence-corrected chi connectivity index (χ3v) is 5.03. The van der Waals surface area contributed by atoms with E-state index in [1.165, 1.54) is 14.0 Å². The molecular formula is C19H19F3N2O4S. The van der Waals surface area contributed by atoms with Gasteiger partial charge in [0.05, 0.1) is 19.8 Å². The van der Waals surface area contributed by atoms with E-state index in [-0.39, 0.29) is 17.9 Å². The van der Waals surface area contributed by atoms with Crippen molar-refractivity contribution in [1.29, 1.82) is 0 Å². The number of rotatable bonds is 4. The summed E-state index contributed by atoms with van der Waals surface area (Å²) in [4.78, 5) is 12.6. The number of fused-ring (bicyclic) bond motifs is 1. The zero-order chi connectivity index (χ0) is 21.4. The minimum Gasteiger partial charge on any atom is -0.496 e. The Bertz CT molecular complexity index is 953. The number of alkyl halides is 3. The van der Waals surface area contributed by atoms with E-state index in [0.29, 0.717) is 10.8 Å². The molecule has 0 aliphatic carbocycles. The van der Waals surface area contributed by atoms with E-state index in [9.17, 15) is 23.1 Å². The number of carbonyl (C=O) groups excluding carboxylic acids is 1. The molecule has 2 aromatic carbocycles. The standard InChI is InChI=1S/C19H19F3N2O4S/c1-3-28-16(25)14-15(23-17(29)24-18(14,26)19(20,21)22)13-11-7-5-4-6-10(11)8-9-12(13)27-2/h4-9,14-15,26H,3H2,1-2H3,(H2,23,24,29)/t14-,15+,18-/m0/s1. The summed E-state index contributed by atoms with van der Waals surface area (Å²) < 4.78 is 51.9. The largest absolute Gasteiger partial charge is 0.496 e. The average Bonchev–Trinajstić information content (AvgIpc) is 2.65. The van der Waals surface area contributed by atoms with Crippen LogP contribution in [0.1, 0.15) is 18.5 Å². The van der Waals surface area contributed by atoms with Gasteiger partial charge in [-0.15, -0.1) is 0 Å². The minimum absolute atomic E-state index is 0.160. The maximum Gasteiger partial charge on any atom is 0.437 e. The zero-order valence-electron chi connectivity index (χ0n) is 15.5. The molecule has 0 radical (unpaired) electrons. The molecule has 1 aliphatic rings. The van der Waals surface area contributed by atoms with Crippen molar-refractivity contribution in [2.24, 2.45) is 5.92 Å². The van der Waals surface area contributed by atoms with Gasteiger partial charge < -0.3 is 25.2 Å². The fourth-order valence-corrected chi connectivity index (χ4v) is 3.83. The monoisotopic (exact) mass is 428 g/mol. The van der Waals surface area contributed by atoms with Gasteiger partial charge in [0, 0.05) is 5.56 Å². The second-order valence-corrected chi connectivity index (χ2v) is 6.88. The lowest BCUT2D eigenvalue weighted by Crippen LogP contribution is -2.73. The second-order valence-electron chi connectivity index (χ2n) is 6.47. The lowest BCUT2D eigenvalue weighted by Gasteiger charge is -2.45. The number of hydrogen-bond acceptors (Lipinski definition) is 5. The summed E-state index contributed by atoms with van der Waals surface area (Å²) in [6.07, 6.45) is -5.22. The Labute approximate surface area is 170 Å². The van der Waals surface area contributed by atoms with E-state index in [1.54, 1.807) is 36.4 Å². The van der Waals surface area contributed by atoms with Gasteiger partial charge in [-0.2, -0.15) is 13.2 Å². The molecule has 0 unspecified atom stereocenters. The highest BCUT2D eigenvalue weighted by atomic mass is 32.1. The molecule has 156 valence electrons. The lowest BCUT2D eigenvalue weighted by molar-refractivity contribution is -0.292. The summed E-state index contributed by atoms with van der Waals surface area (Å²) in [5, 5.41) is 15.9. The molecule has 3 N–H and O–H groups in total. The van der Waals surface area contributed by atoms with Crippen LogP contribution in [0.5, 0.6) is 5.75 Å². The second kappa shape index (κ2) is 7.68. The van der Waals surface area contributed by atoms with Gasteiger partial charge in [-0.1, -0.05) is 30.3 Å². The summed E-state index contributed by atoms with van der Waals surface area (Å²) in [6.45, 7) is 1.31. The smallest absolute Gasteiger partial charge is 0.437 e. The van der Waals surface area contributed by atoms with Gasteiger partial charge in [0.25, 0.3) is 5.72 Å². The van der Waals surface area contributed by atoms with Gasteiger partial charge in [0.2, 0.25) is 0 Å². The van der Waals surface area contributed by atoms with Crippen LogP contribution in [0.15, 0.2) is 36.4 Å². The number of halogens is 3. The van der Waals surface area contributed by atoms with Gasteiger partial charge >= 0.3 is 12.1 Å². The SMILES string of the molecule is CCOC(=O)[C@@H]1[C@@H](c2c(OC)ccc3ccccc23)NC(=S)N[C@@]1(O)C(F)(F)F. The summed E-state index contributed by atoms with van der Waals surface area (Å²) in [5.41, 5.74) is -3.37. The van der Waals surface area contributed by atoms with Gasteiger partial charge in [0.15, 0.2) is 5.11 Å². The van der Waals surface area contributed by atoms with Crippen molar-refractivity contribution in [3.05, 3.63) is 42.0 Å². The van der Waals surface area contributed by atoms with Gasteiger partial charge in [0.1, 0.15) is 11.7 Å². The number of thiocarbonyl (C=S) groups is 1. The zero-order valence-corrected chi connectivity index (χ0v) is 16.4. The molecule has 1 fully saturated rings. The van der Waals surface area contributed by atoms with Gasteiger partial charge in [-0.3, -0.25) is 4.79 Å². The van der Waals surface area contributed by atoms with Crippen LogP contribution in [-0.4, -0.2) is 41.8 Å². The van der Waals surface area contributed by atoms with Crippen LogP contribution < -0.4 is 15.4 Å². The molecule has 0 spiro atoms. The molecule has 3 rings (SSSR count). The molecule has 1 heterocycles. The molecule has 0 amide bonds. The van der Waals surface area contributed by atoms with E-state index in [0.717, 1.165) is 0 Å². The Kier molecular flexibility index (Phi) is 5.59. The molecule has 6 nitrogen and oxygen atoms in total. The molecule has 10 heteroatoms. The van der Waals surface area contributed by atoms with E-state index in [4.69, 9.17) is 21.7 Å². The Balaban J connectivity index is 2.29. The highest BCUT2D eigenvalue weighted by Crippen LogP contribution is 2.46. The van der Waals surface area contributed by atoms with Crippen LogP contribution in [0.4, 0.5) is 13.2 Å². The topological polar surface area (TPSA) is 79.8 Å². The van der Waals surface area contributed by atoms with Crippen molar-refractivity contribution in [1.82, 2.24) is 10.6 Å². The highest BCUT2D eigenvalue weighted by molar-refractivity contribution is 7.80. The van der Waals surface area contributed by atoms with Crippen molar-refractivity contribution < 1.29 is 32.5 Å². The van der Waals surface area contributed by atoms with Crippen LogP contribution in [-0.2, 0) is 9.53 Å². The predicted molar refractivity (Wildman–Crippen MR) is 103 cm³/mol. The molecule has 0 saturated carbocycles. The van der Waals surface area contributed by atoms with Crippen molar-refractivity contribution >= 4 is 34.1 Å². The van der Waals surface area contributed by atoms with E-state index in [2.05, 4.69) is 5.32 Å². The molecule has 1 aliphatic heterocycles. The molecule has 2 aromatic rings. The number of ether oxygens (including phenoxy) is 2. The predicted octanol–water partition coefficient (Wildman–Crippen LogP) is 2.80. The van der Waals surface area contributed by atoms with Crippen LogP contribution in [0.25, 0.3) is 10.8 Å². The number of aliphatic hydroxyl groups is 1. The molecule has 3 atom stereocenters. The summed E-state index contributed by atoms with van der Waals surface area (Å²) in [5.74, 6) is -3.08. The summed E-state index contributed by atoms with van der Waals surface area (Å²) in [7, 11) is 1.36. The molecular weight excluding hydrogens is 409 g/mol. The van der Waals surface area contributed by atoms with E-state index >= 15 is 0 Å². The Morgan fingerprint density at radius 2 is 1.97 bits per heavy atom. The summed E-state index contributed by atoms with van der Waals surface area (Å²) >= 11 is 4.93. The van der Waals surface area contributed by atoms with Crippen molar-refractivity contribution in [3.63, 3.8) is 0 Å². The van der Waals surface area contributed by atoms with Gasteiger partial charge in [-0.05, 0) is 36.0 Å². The fraction of sp³-hybridized carbons (Fsp3) is 0.368. The lowest BCUT2D eigenvalue weighted by atomic mass is 9.80. The third kappa shape index (κ3) is 3.58. The van der Waals surface area contributed by atoms with E-state index in [1.807, 2.05) is 5.32 Å². The van der Waals surface area contributed by atoms with Crippen LogP contribution >= 0.6 is 12.2 Å². The van der Waals surface area contributed by atoms with Crippen LogP contribution in [0.3, 0.4) is 0 Å². The molecule has 0 bridgehead atoms. The summed E-state index contributed by atoms with van der Waals surface area (Å²) in [6, 6.07) is 8.90. The van der Waals surface area contributed by atoms with E-state index < -0.39 is 34.9 Å². The van der Waals surface area contributed by atoms with Crippen molar-refractivity contribution in [2.75, 3.05) is 13.7 Å². The first-order valence-electron chi connectivity index (χ1n) is 8.74. The molecule has 0 aromatic heterocycles. The number of hydrogen-bond donors (Lipinski definition) is 3. The maximum absolute atomic E-state index is 13.9. The van der Waals surface area contributed by atoms with Crippen LogP contribution in [0, 0.1) is 5.92 Å². The first kappa shape index (κ1) is 21.1. The normalized spacial score (nSPS) is 24.6. The third-order valence-electron chi connectivity index (χ3n) is 4.81. The van der Waals surface area contributed by atoms with Crippen LogP contribution in [0.2, 0.25) is 0 Å². The first-order valence-corrected chi connectivity index (χ1v) is 9.15. The Morgan fingerprint density at radius 1 is 1.28 bits per heavy atom. The molecule has 29 heavy (non-hydrogen) atoms. The van der Waals surface area contributed by atoms with Crippen molar-refractivity contribution in [3.8, 4) is 5.75 Å². The average molecular weight is 428 g/mol. The first-order chi connectivity index (χ1) is 13.6. The number of nitrogens with one attached hydrogen (secondary N) is 2. The highest BCUT2D eigenvalue weighted by Gasteiger charge is 2.66. The van der Waals surface area contributed by atoms with Crippen molar-refractivity contribution in [2.45, 2.75) is 24.9 Å². The van der Waals surface area contributed by atoms with Gasteiger partial charge in [-0.25, -0.2) is 0 Å². The Hall–Kier alpha value is -2.59. The number of methoxy groups -OCH3 is 1. The minimum atomic E-state index is -5.22. The fourth-order valence-electron chi connectivity index (χ4n) is 3.55. The number of esters is 1. The number of carbonyl (C=O) groups is 1. The number of benzene rings is 2.